The van der Waals surface area contributed by atoms with Gasteiger partial charge in [0, 0.05) is 19.0 Å². The van der Waals surface area contributed by atoms with E-state index in [2.05, 4.69) is 20.8 Å². The molecule has 0 N–H and O–H groups in total. The number of halogens is 1. The highest BCUT2D eigenvalue weighted by Gasteiger charge is 2.36. The van der Waals surface area contributed by atoms with E-state index in [0.717, 1.165) is 17.5 Å². The molecule has 118 valence electrons. The van der Waals surface area contributed by atoms with Crippen molar-refractivity contribution in [1.29, 1.82) is 0 Å². The zero-order valence-electron chi connectivity index (χ0n) is 13.0. The first kappa shape index (κ1) is 16.8. The molecule has 1 atom stereocenters. The van der Waals surface area contributed by atoms with Crippen molar-refractivity contribution in [3.05, 3.63) is 35.4 Å². The Bertz CT molecular complexity index is 593. The van der Waals surface area contributed by atoms with E-state index >= 15 is 0 Å². The molecule has 1 saturated heterocycles. The summed E-state index contributed by atoms with van der Waals surface area (Å²) in [5, 5.41) is 0. The van der Waals surface area contributed by atoms with Gasteiger partial charge in [0.05, 0.1) is 5.75 Å². The van der Waals surface area contributed by atoms with Crippen LogP contribution in [0, 0.1) is 11.3 Å². The summed E-state index contributed by atoms with van der Waals surface area (Å²) in [6.07, 6.45) is 0.949. The van der Waals surface area contributed by atoms with E-state index in [1.807, 2.05) is 24.3 Å². The Balaban J connectivity index is 2.09. The Kier molecular flexibility index (Phi) is 5.01. The van der Waals surface area contributed by atoms with E-state index in [0.29, 0.717) is 24.9 Å². The summed E-state index contributed by atoms with van der Waals surface area (Å²) in [4.78, 5) is 0. The molecule has 1 aromatic carbocycles. The molecule has 1 unspecified atom stereocenters. The van der Waals surface area contributed by atoms with Crippen LogP contribution in [0.2, 0.25) is 0 Å². The van der Waals surface area contributed by atoms with Crippen molar-refractivity contribution in [3.63, 3.8) is 0 Å². The molecule has 2 rings (SSSR count). The van der Waals surface area contributed by atoms with Gasteiger partial charge in [0.2, 0.25) is 10.0 Å². The summed E-state index contributed by atoms with van der Waals surface area (Å²) < 4.78 is 26.8. The maximum absolute atomic E-state index is 12.6. The summed E-state index contributed by atoms with van der Waals surface area (Å²) >= 11 is 5.81. The number of hydrogen-bond donors (Lipinski definition) is 0. The SMILES string of the molecule is CC(C)(C)C1CCN(S(=O)(=O)Cc2cccc(CCl)c2)C1. The first-order valence-corrected chi connectivity index (χ1v) is 9.48. The fraction of sp³-hybridized carbons (Fsp3) is 0.625. The van der Waals surface area contributed by atoms with Crippen LogP contribution in [0.5, 0.6) is 0 Å². The fourth-order valence-corrected chi connectivity index (χ4v) is 4.53. The van der Waals surface area contributed by atoms with Gasteiger partial charge in [-0.3, -0.25) is 0 Å². The quantitative estimate of drug-likeness (QED) is 0.791. The minimum Gasteiger partial charge on any atom is -0.212 e. The Labute approximate surface area is 133 Å². The summed E-state index contributed by atoms with van der Waals surface area (Å²) in [5.74, 6) is 0.902. The van der Waals surface area contributed by atoms with Crippen molar-refractivity contribution in [1.82, 2.24) is 4.31 Å². The van der Waals surface area contributed by atoms with Crippen LogP contribution >= 0.6 is 11.6 Å². The van der Waals surface area contributed by atoms with Crippen LogP contribution in [0.15, 0.2) is 24.3 Å². The summed E-state index contributed by atoms with van der Waals surface area (Å²) in [6, 6.07) is 7.51. The van der Waals surface area contributed by atoms with E-state index in [-0.39, 0.29) is 11.2 Å². The van der Waals surface area contributed by atoms with Gasteiger partial charge in [0.25, 0.3) is 0 Å². The molecule has 3 nitrogen and oxygen atoms in total. The lowest BCUT2D eigenvalue weighted by Crippen LogP contribution is -2.32. The molecule has 1 fully saturated rings. The highest BCUT2D eigenvalue weighted by atomic mass is 35.5. The standard InChI is InChI=1S/C16H24ClNO2S/c1-16(2,3)15-7-8-18(11-15)21(19,20)12-14-6-4-5-13(9-14)10-17/h4-6,9,15H,7-8,10-12H2,1-3H3. The van der Waals surface area contributed by atoms with Crippen molar-refractivity contribution < 1.29 is 8.42 Å². The number of hydrogen-bond acceptors (Lipinski definition) is 2. The fourth-order valence-electron chi connectivity index (χ4n) is 2.79. The topological polar surface area (TPSA) is 37.4 Å². The predicted molar refractivity (Wildman–Crippen MR) is 87.8 cm³/mol. The molecular formula is C16H24ClNO2S. The smallest absolute Gasteiger partial charge is 0.212 e. The first-order chi connectivity index (χ1) is 9.72. The second-order valence-corrected chi connectivity index (χ2v) is 9.16. The van der Waals surface area contributed by atoms with Gasteiger partial charge >= 0.3 is 0 Å². The van der Waals surface area contributed by atoms with Crippen LogP contribution in [0.3, 0.4) is 0 Å². The Morgan fingerprint density at radius 3 is 2.52 bits per heavy atom. The third-order valence-electron chi connectivity index (χ3n) is 4.26. The largest absolute Gasteiger partial charge is 0.218 e. The summed E-state index contributed by atoms with van der Waals surface area (Å²) in [7, 11) is -3.24. The highest BCUT2D eigenvalue weighted by Crippen LogP contribution is 2.35. The normalized spacial score (nSPS) is 20.9. The second-order valence-electron chi connectivity index (χ2n) is 6.92. The molecule has 21 heavy (non-hydrogen) atoms. The highest BCUT2D eigenvalue weighted by molar-refractivity contribution is 7.88. The molecule has 1 aromatic rings. The van der Waals surface area contributed by atoms with Crippen LogP contribution in [-0.2, 0) is 21.7 Å². The molecule has 1 heterocycles. The van der Waals surface area contributed by atoms with Gasteiger partial charge in [-0.25, -0.2) is 12.7 Å². The van der Waals surface area contributed by atoms with Crippen molar-refractivity contribution in [2.45, 2.75) is 38.8 Å². The first-order valence-electron chi connectivity index (χ1n) is 7.34. The van der Waals surface area contributed by atoms with E-state index in [4.69, 9.17) is 11.6 Å². The lowest BCUT2D eigenvalue weighted by Gasteiger charge is -2.26. The van der Waals surface area contributed by atoms with Crippen molar-refractivity contribution in [2.24, 2.45) is 11.3 Å². The van der Waals surface area contributed by atoms with Gasteiger partial charge in [-0.1, -0.05) is 45.0 Å². The average molecular weight is 330 g/mol. The lowest BCUT2D eigenvalue weighted by molar-refractivity contribution is 0.252. The van der Waals surface area contributed by atoms with Gasteiger partial charge in [0.15, 0.2) is 0 Å². The molecule has 0 aliphatic carbocycles. The van der Waals surface area contributed by atoms with Crippen LogP contribution in [-0.4, -0.2) is 25.8 Å². The molecule has 0 spiro atoms. The van der Waals surface area contributed by atoms with Gasteiger partial charge < -0.3 is 0 Å². The van der Waals surface area contributed by atoms with E-state index in [1.165, 1.54) is 0 Å². The number of nitrogens with zero attached hydrogens (tertiary/aromatic N) is 1. The number of rotatable bonds is 4. The maximum atomic E-state index is 12.6. The molecule has 0 amide bonds. The molecule has 5 heteroatoms. The number of alkyl halides is 1. The Hall–Kier alpha value is -0.580. The second kappa shape index (κ2) is 6.27. The summed E-state index contributed by atoms with van der Waals surface area (Å²) in [5.41, 5.74) is 1.92. The van der Waals surface area contributed by atoms with Gasteiger partial charge in [-0.15, -0.1) is 11.6 Å². The molecular weight excluding hydrogens is 306 g/mol. The van der Waals surface area contributed by atoms with Crippen molar-refractivity contribution in [3.8, 4) is 0 Å². The monoisotopic (exact) mass is 329 g/mol. The Morgan fingerprint density at radius 2 is 1.95 bits per heavy atom. The third-order valence-corrected chi connectivity index (χ3v) is 6.39. The lowest BCUT2D eigenvalue weighted by atomic mass is 9.80. The number of benzene rings is 1. The van der Waals surface area contributed by atoms with Gasteiger partial charge in [-0.2, -0.15) is 0 Å². The van der Waals surface area contributed by atoms with Crippen molar-refractivity contribution in [2.75, 3.05) is 13.1 Å². The molecule has 0 bridgehead atoms. The van der Waals surface area contributed by atoms with E-state index in [1.54, 1.807) is 4.31 Å². The zero-order valence-corrected chi connectivity index (χ0v) is 14.5. The van der Waals surface area contributed by atoms with Crippen LogP contribution in [0.25, 0.3) is 0 Å². The maximum Gasteiger partial charge on any atom is 0.218 e. The Morgan fingerprint density at radius 1 is 1.29 bits per heavy atom. The van der Waals surface area contributed by atoms with Crippen LogP contribution in [0.4, 0.5) is 0 Å². The molecule has 0 aromatic heterocycles. The zero-order chi connectivity index (χ0) is 15.7. The van der Waals surface area contributed by atoms with Crippen LogP contribution in [0.1, 0.15) is 38.3 Å². The van der Waals surface area contributed by atoms with E-state index in [9.17, 15) is 8.42 Å². The van der Waals surface area contributed by atoms with Gasteiger partial charge in [0.1, 0.15) is 0 Å². The molecule has 0 radical (unpaired) electrons. The average Bonchev–Trinajstić information content (AvgIpc) is 2.88. The third kappa shape index (κ3) is 4.21. The number of sulfonamides is 1. The van der Waals surface area contributed by atoms with E-state index < -0.39 is 10.0 Å². The van der Waals surface area contributed by atoms with Crippen LogP contribution < -0.4 is 0 Å². The molecule has 0 saturated carbocycles. The molecule has 1 aliphatic rings. The predicted octanol–water partition coefficient (Wildman–Crippen LogP) is 3.62. The minimum absolute atomic E-state index is 0.0641. The summed E-state index contributed by atoms with van der Waals surface area (Å²) in [6.45, 7) is 7.81. The molecule has 1 aliphatic heterocycles. The minimum atomic E-state index is -3.24. The van der Waals surface area contributed by atoms with Crippen molar-refractivity contribution >= 4 is 21.6 Å². The van der Waals surface area contributed by atoms with Gasteiger partial charge in [-0.05, 0) is 28.9 Å².